The number of ether oxygens (including phenoxy) is 3. The Labute approximate surface area is 103 Å². The lowest BCUT2D eigenvalue weighted by Gasteiger charge is -2.13. The third-order valence-corrected chi connectivity index (χ3v) is 3.20. The molecule has 1 aromatic carbocycles. The van der Waals surface area contributed by atoms with Gasteiger partial charge in [-0.25, -0.2) is 0 Å². The van der Waals surface area contributed by atoms with Crippen molar-refractivity contribution in [3.05, 3.63) is 17.7 Å². The number of hydrogen-bond acceptors (Lipinski definition) is 4. The van der Waals surface area contributed by atoms with Crippen LogP contribution in [0, 0.1) is 0 Å². The monoisotopic (exact) mass is 256 g/mol. The minimum atomic E-state index is 0.0452. The molecule has 0 saturated carbocycles. The predicted octanol–water partition coefficient (Wildman–Crippen LogP) is 2.55. The van der Waals surface area contributed by atoms with Gasteiger partial charge in [-0.05, 0) is 14.7 Å². The average molecular weight is 256 g/mol. The highest BCUT2D eigenvalue weighted by Crippen LogP contribution is 2.37. The van der Waals surface area contributed by atoms with Crippen molar-refractivity contribution in [2.75, 3.05) is 27.5 Å². The number of carbonyl (C=O) groups excluding carboxylic acids is 1. The number of methoxy groups -OCH3 is 3. The van der Waals surface area contributed by atoms with Gasteiger partial charge in [-0.1, -0.05) is 6.92 Å². The van der Waals surface area contributed by atoms with Gasteiger partial charge >= 0.3 is 0 Å². The Kier molecular flexibility index (Phi) is 5.23. The zero-order valence-corrected chi connectivity index (χ0v) is 11.5. The molecule has 1 rings (SSSR count). The summed E-state index contributed by atoms with van der Waals surface area (Å²) >= 11 is 0. The van der Waals surface area contributed by atoms with Crippen LogP contribution in [0.4, 0.5) is 0 Å². The van der Waals surface area contributed by atoms with Crippen LogP contribution in [0.1, 0.15) is 17.3 Å². The van der Waals surface area contributed by atoms with Crippen molar-refractivity contribution in [1.29, 1.82) is 0 Å². The van der Waals surface area contributed by atoms with Crippen molar-refractivity contribution in [1.82, 2.24) is 0 Å². The van der Waals surface area contributed by atoms with Crippen molar-refractivity contribution in [2.45, 2.75) is 6.92 Å². The molecule has 0 aliphatic heterocycles. The molecule has 1 unspecified atom stereocenters. The topological polar surface area (TPSA) is 44.8 Å². The molecule has 0 bridgehead atoms. The van der Waals surface area contributed by atoms with E-state index in [0.717, 1.165) is 6.16 Å². The summed E-state index contributed by atoms with van der Waals surface area (Å²) in [5.41, 5.74) is 0.542. The fourth-order valence-electron chi connectivity index (χ4n) is 1.48. The van der Waals surface area contributed by atoms with Gasteiger partial charge in [0.15, 0.2) is 5.52 Å². The minimum Gasteiger partial charge on any atom is -0.496 e. The minimum absolute atomic E-state index is 0.0452. The Bertz CT molecular complexity index is 378. The normalized spacial score (nSPS) is 10.6. The van der Waals surface area contributed by atoms with Crippen molar-refractivity contribution >= 4 is 14.1 Å². The van der Waals surface area contributed by atoms with Gasteiger partial charge < -0.3 is 14.2 Å². The molecule has 0 saturated heterocycles. The second kappa shape index (κ2) is 6.45. The van der Waals surface area contributed by atoms with E-state index in [0.29, 0.717) is 22.8 Å². The number of rotatable bonds is 6. The molecule has 5 heteroatoms. The largest absolute Gasteiger partial charge is 0.496 e. The van der Waals surface area contributed by atoms with Crippen LogP contribution < -0.4 is 14.2 Å². The van der Waals surface area contributed by atoms with Crippen LogP contribution in [0.3, 0.4) is 0 Å². The SMILES string of the molecule is CCPC(=O)c1c(OC)cc(OC)cc1OC. The van der Waals surface area contributed by atoms with Crippen LogP contribution in [0.25, 0.3) is 0 Å². The summed E-state index contributed by atoms with van der Waals surface area (Å²) in [4.78, 5) is 12.0. The molecule has 0 heterocycles. The quantitative estimate of drug-likeness (QED) is 0.734. The Balaban J connectivity index is 3.29. The standard InChI is InChI=1S/C12H17O4P/c1-5-17-12(13)11-9(15-3)6-8(14-2)7-10(11)16-4/h6-7,17H,5H2,1-4H3. The van der Waals surface area contributed by atoms with E-state index in [2.05, 4.69) is 0 Å². The first-order valence-corrected chi connectivity index (χ1v) is 6.46. The molecular weight excluding hydrogens is 239 g/mol. The van der Waals surface area contributed by atoms with Crippen molar-refractivity contribution in [3.8, 4) is 17.2 Å². The van der Waals surface area contributed by atoms with Crippen LogP contribution in [-0.4, -0.2) is 33.0 Å². The summed E-state index contributed by atoms with van der Waals surface area (Å²) in [6.45, 7) is 1.97. The third-order valence-electron chi connectivity index (χ3n) is 2.28. The van der Waals surface area contributed by atoms with E-state index in [1.165, 1.54) is 14.2 Å². The smallest absolute Gasteiger partial charge is 0.188 e. The highest BCUT2D eigenvalue weighted by molar-refractivity contribution is 7.58. The highest BCUT2D eigenvalue weighted by Gasteiger charge is 2.19. The Morgan fingerprint density at radius 1 is 1.12 bits per heavy atom. The molecule has 0 aliphatic carbocycles. The van der Waals surface area contributed by atoms with Crippen LogP contribution in [-0.2, 0) is 0 Å². The number of carbonyl (C=O) groups is 1. The lowest BCUT2D eigenvalue weighted by atomic mass is 10.2. The van der Waals surface area contributed by atoms with E-state index >= 15 is 0 Å². The van der Waals surface area contributed by atoms with E-state index < -0.39 is 0 Å². The van der Waals surface area contributed by atoms with Crippen molar-refractivity contribution in [3.63, 3.8) is 0 Å². The van der Waals surface area contributed by atoms with E-state index in [-0.39, 0.29) is 14.1 Å². The molecule has 4 nitrogen and oxygen atoms in total. The highest BCUT2D eigenvalue weighted by atomic mass is 31.1. The first-order valence-electron chi connectivity index (χ1n) is 5.26. The molecule has 0 amide bonds. The Morgan fingerprint density at radius 3 is 2.00 bits per heavy atom. The van der Waals surface area contributed by atoms with E-state index in [1.807, 2.05) is 6.92 Å². The zero-order valence-electron chi connectivity index (χ0n) is 10.5. The molecule has 17 heavy (non-hydrogen) atoms. The molecule has 0 spiro atoms. The van der Waals surface area contributed by atoms with Gasteiger partial charge in [-0.15, -0.1) is 0 Å². The van der Waals surface area contributed by atoms with Crippen LogP contribution in [0.2, 0.25) is 0 Å². The Hall–Kier alpha value is -1.28. The van der Waals surface area contributed by atoms with Crippen molar-refractivity contribution < 1.29 is 19.0 Å². The molecule has 1 aromatic rings. The van der Waals surface area contributed by atoms with Gasteiger partial charge in [0.05, 0.1) is 21.3 Å². The lowest BCUT2D eigenvalue weighted by Crippen LogP contribution is -2.02. The van der Waals surface area contributed by atoms with Crippen LogP contribution in [0.15, 0.2) is 12.1 Å². The zero-order chi connectivity index (χ0) is 12.8. The lowest BCUT2D eigenvalue weighted by molar-refractivity contribution is 0.108. The summed E-state index contributed by atoms with van der Waals surface area (Å²) in [5.74, 6) is 1.59. The fourth-order valence-corrected chi connectivity index (χ4v) is 2.22. The maximum atomic E-state index is 12.0. The summed E-state index contributed by atoms with van der Waals surface area (Å²) in [7, 11) is 4.84. The summed E-state index contributed by atoms with van der Waals surface area (Å²) in [5, 5.41) is 0. The molecule has 0 radical (unpaired) electrons. The summed E-state index contributed by atoms with van der Waals surface area (Å²) in [6, 6.07) is 3.38. The third kappa shape index (κ3) is 3.10. The fraction of sp³-hybridized carbons (Fsp3) is 0.417. The van der Waals surface area contributed by atoms with Gasteiger partial charge in [-0.3, -0.25) is 4.79 Å². The summed E-state index contributed by atoms with van der Waals surface area (Å²) < 4.78 is 15.6. The first-order chi connectivity index (χ1) is 8.17. The maximum Gasteiger partial charge on any atom is 0.188 e. The predicted molar refractivity (Wildman–Crippen MR) is 69.3 cm³/mol. The number of benzene rings is 1. The second-order valence-electron chi connectivity index (χ2n) is 3.27. The second-order valence-corrected chi connectivity index (χ2v) is 4.78. The maximum absolute atomic E-state index is 12.0. The first kappa shape index (κ1) is 13.8. The van der Waals surface area contributed by atoms with Crippen molar-refractivity contribution in [2.24, 2.45) is 0 Å². The van der Waals surface area contributed by atoms with E-state index in [4.69, 9.17) is 14.2 Å². The van der Waals surface area contributed by atoms with Gasteiger partial charge in [0.25, 0.3) is 0 Å². The van der Waals surface area contributed by atoms with Crippen LogP contribution in [0.5, 0.6) is 17.2 Å². The van der Waals surface area contributed by atoms with Gasteiger partial charge in [-0.2, -0.15) is 0 Å². The molecule has 0 fully saturated rings. The van der Waals surface area contributed by atoms with Gasteiger partial charge in [0, 0.05) is 12.1 Å². The average Bonchev–Trinajstić information content (AvgIpc) is 2.37. The van der Waals surface area contributed by atoms with Crippen LogP contribution >= 0.6 is 8.58 Å². The molecule has 1 atom stereocenters. The van der Waals surface area contributed by atoms with Gasteiger partial charge in [0.2, 0.25) is 0 Å². The van der Waals surface area contributed by atoms with E-state index in [9.17, 15) is 4.79 Å². The van der Waals surface area contributed by atoms with E-state index in [1.54, 1.807) is 19.2 Å². The molecule has 0 aliphatic rings. The summed E-state index contributed by atoms with van der Waals surface area (Å²) in [6.07, 6.45) is 0.817. The Morgan fingerprint density at radius 2 is 1.65 bits per heavy atom. The molecule has 94 valence electrons. The molecular formula is C12H17O4P. The molecule has 0 N–H and O–H groups in total. The molecule has 0 aromatic heterocycles. The van der Waals surface area contributed by atoms with Gasteiger partial charge in [0.1, 0.15) is 22.8 Å². The number of hydrogen-bond donors (Lipinski definition) is 0.